The molecule has 1 aromatic carbocycles. The van der Waals surface area contributed by atoms with E-state index in [2.05, 4.69) is 5.32 Å². The molecule has 0 spiro atoms. The number of nitrogens with zero attached hydrogens (tertiary/aromatic N) is 1. The number of carbonyl (C=O) groups is 2. The van der Waals surface area contributed by atoms with Crippen LogP contribution in [0.3, 0.4) is 0 Å². The lowest BCUT2D eigenvalue weighted by molar-refractivity contribution is -0.133. The van der Waals surface area contributed by atoms with Crippen LogP contribution in [0.2, 0.25) is 0 Å². The molecule has 1 aliphatic heterocycles. The summed E-state index contributed by atoms with van der Waals surface area (Å²) in [4.78, 5) is 26.1. The van der Waals surface area contributed by atoms with E-state index in [9.17, 15) is 9.59 Å². The van der Waals surface area contributed by atoms with Crippen molar-refractivity contribution in [3.63, 3.8) is 0 Å². The van der Waals surface area contributed by atoms with Gasteiger partial charge in [0.1, 0.15) is 5.54 Å². The summed E-state index contributed by atoms with van der Waals surface area (Å²) in [5.41, 5.74) is 6.90. The van der Waals surface area contributed by atoms with Gasteiger partial charge in [0, 0.05) is 24.3 Å². The van der Waals surface area contributed by atoms with Gasteiger partial charge >= 0.3 is 0 Å². The molecule has 5 nitrogen and oxygen atoms in total. The van der Waals surface area contributed by atoms with Gasteiger partial charge in [0.25, 0.3) is 5.91 Å². The second-order valence-electron chi connectivity index (χ2n) is 5.29. The van der Waals surface area contributed by atoms with Crippen LogP contribution < -0.4 is 11.1 Å². The Morgan fingerprint density at radius 3 is 2.79 bits per heavy atom. The molecule has 0 bridgehead atoms. The molecule has 0 aliphatic carbocycles. The first-order valence-electron chi connectivity index (χ1n) is 6.31. The van der Waals surface area contributed by atoms with E-state index >= 15 is 0 Å². The summed E-state index contributed by atoms with van der Waals surface area (Å²) in [5, 5.41) is 2.78. The van der Waals surface area contributed by atoms with E-state index in [1.807, 2.05) is 6.92 Å². The molecule has 0 atom stereocenters. The van der Waals surface area contributed by atoms with Gasteiger partial charge in [0.05, 0.1) is 0 Å². The molecular weight excluding hydrogens is 242 g/mol. The summed E-state index contributed by atoms with van der Waals surface area (Å²) in [6.45, 7) is 6.31. The number of carbonyl (C=O) groups excluding carboxylic acids is 2. The van der Waals surface area contributed by atoms with Crippen LogP contribution in [-0.2, 0) is 4.79 Å². The number of piperazine rings is 1. The minimum absolute atomic E-state index is 0.131. The molecule has 102 valence electrons. The van der Waals surface area contributed by atoms with Crippen LogP contribution in [0.4, 0.5) is 5.69 Å². The Balaban J connectivity index is 2.38. The normalized spacial score (nSPS) is 18.1. The van der Waals surface area contributed by atoms with Gasteiger partial charge in [-0.3, -0.25) is 9.59 Å². The van der Waals surface area contributed by atoms with Crippen LogP contribution in [0.25, 0.3) is 0 Å². The van der Waals surface area contributed by atoms with Gasteiger partial charge < -0.3 is 16.0 Å². The van der Waals surface area contributed by atoms with Crippen molar-refractivity contribution < 1.29 is 9.59 Å². The van der Waals surface area contributed by atoms with Gasteiger partial charge in [-0.05, 0) is 38.5 Å². The molecule has 19 heavy (non-hydrogen) atoms. The third-order valence-electron chi connectivity index (χ3n) is 3.70. The zero-order valence-corrected chi connectivity index (χ0v) is 11.5. The van der Waals surface area contributed by atoms with Gasteiger partial charge in [-0.2, -0.15) is 0 Å². The monoisotopic (exact) mass is 261 g/mol. The number of rotatable bonds is 1. The van der Waals surface area contributed by atoms with E-state index < -0.39 is 5.54 Å². The van der Waals surface area contributed by atoms with E-state index in [0.29, 0.717) is 24.3 Å². The lowest BCUT2D eigenvalue weighted by Crippen LogP contribution is -2.63. The summed E-state index contributed by atoms with van der Waals surface area (Å²) in [6.07, 6.45) is 0. The number of nitrogens with two attached hydrogens (primary N) is 1. The predicted octanol–water partition coefficient (Wildman–Crippen LogP) is 0.928. The van der Waals surface area contributed by atoms with Gasteiger partial charge in [-0.25, -0.2) is 0 Å². The quantitative estimate of drug-likeness (QED) is 0.738. The zero-order chi connectivity index (χ0) is 14.2. The van der Waals surface area contributed by atoms with E-state index in [4.69, 9.17) is 5.73 Å². The molecule has 0 unspecified atom stereocenters. The SMILES string of the molecule is Cc1c(N)cccc1C(=O)N1CCNC(=O)C1(C)C. The van der Waals surface area contributed by atoms with E-state index in [0.717, 1.165) is 5.56 Å². The smallest absolute Gasteiger partial charge is 0.255 e. The fourth-order valence-electron chi connectivity index (χ4n) is 2.29. The van der Waals surface area contributed by atoms with Gasteiger partial charge in [-0.15, -0.1) is 0 Å². The molecule has 0 saturated carbocycles. The molecule has 5 heteroatoms. The van der Waals surface area contributed by atoms with Crippen molar-refractivity contribution in [2.45, 2.75) is 26.3 Å². The first-order chi connectivity index (χ1) is 8.85. The molecule has 2 amide bonds. The third-order valence-corrected chi connectivity index (χ3v) is 3.70. The Labute approximate surface area is 112 Å². The molecule has 0 radical (unpaired) electrons. The molecule has 1 heterocycles. The molecule has 1 saturated heterocycles. The first kappa shape index (κ1) is 13.4. The Morgan fingerprint density at radius 2 is 2.11 bits per heavy atom. The van der Waals surface area contributed by atoms with E-state index in [1.54, 1.807) is 36.9 Å². The molecule has 0 aromatic heterocycles. The number of amides is 2. The Bertz CT molecular complexity index is 537. The number of hydrogen-bond acceptors (Lipinski definition) is 3. The number of nitrogen functional groups attached to an aromatic ring is 1. The van der Waals surface area contributed by atoms with Crippen molar-refractivity contribution in [3.8, 4) is 0 Å². The van der Waals surface area contributed by atoms with Crippen molar-refractivity contribution >= 4 is 17.5 Å². The molecule has 1 aromatic rings. The number of anilines is 1. The Kier molecular flexibility index (Phi) is 3.22. The van der Waals surface area contributed by atoms with Crippen molar-refractivity contribution in [1.82, 2.24) is 10.2 Å². The Hall–Kier alpha value is -2.04. The summed E-state index contributed by atoms with van der Waals surface area (Å²) < 4.78 is 0. The van der Waals surface area contributed by atoms with Crippen LogP contribution in [0.5, 0.6) is 0 Å². The lowest BCUT2D eigenvalue weighted by atomic mass is 9.96. The van der Waals surface area contributed by atoms with Gasteiger partial charge in [-0.1, -0.05) is 6.07 Å². The number of hydrogen-bond donors (Lipinski definition) is 2. The van der Waals surface area contributed by atoms with Crippen LogP contribution in [0, 0.1) is 6.92 Å². The van der Waals surface area contributed by atoms with Crippen LogP contribution in [-0.4, -0.2) is 35.3 Å². The van der Waals surface area contributed by atoms with Gasteiger partial charge in [0.2, 0.25) is 5.91 Å². The zero-order valence-electron chi connectivity index (χ0n) is 11.5. The maximum Gasteiger partial charge on any atom is 0.255 e. The minimum atomic E-state index is -0.841. The van der Waals surface area contributed by atoms with Crippen LogP contribution in [0.1, 0.15) is 29.8 Å². The maximum atomic E-state index is 12.6. The highest BCUT2D eigenvalue weighted by Crippen LogP contribution is 2.23. The van der Waals surface area contributed by atoms with E-state index in [1.165, 1.54) is 0 Å². The molecule has 1 fully saturated rings. The molecule has 3 N–H and O–H groups in total. The van der Waals surface area contributed by atoms with Crippen molar-refractivity contribution in [2.24, 2.45) is 0 Å². The van der Waals surface area contributed by atoms with Crippen molar-refractivity contribution in [2.75, 3.05) is 18.8 Å². The predicted molar refractivity (Wildman–Crippen MR) is 73.7 cm³/mol. The van der Waals surface area contributed by atoms with Crippen molar-refractivity contribution in [1.29, 1.82) is 0 Å². The number of benzene rings is 1. The summed E-state index contributed by atoms with van der Waals surface area (Å²) >= 11 is 0. The average Bonchev–Trinajstić information content (AvgIpc) is 2.35. The fourth-order valence-corrected chi connectivity index (χ4v) is 2.29. The highest BCUT2D eigenvalue weighted by Gasteiger charge is 2.40. The second-order valence-corrected chi connectivity index (χ2v) is 5.29. The molecule has 1 aliphatic rings. The number of nitrogens with one attached hydrogen (secondary N) is 1. The average molecular weight is 261 g/mol. The van der Waals surface area contributed by atoms with Gasteiger partial charge in [0.15, 0.2) is 0 Å². The topological polar surface area (TPSA) is 75.4 Å². The second kappa shape index (κ2) is 4.57. The third kappa shape index (κ3) is 2.16. The Morgan fingerprint density at radius 1 is 1.42 bits per heavy atom. The highest BCUT2D eigenvalue weighted by molar-refractivity contribution is 6.01. The maximum absolute atomic E-state index is 12.6. The fraction of sp³-hybridized carbons (Fsp3) is 0.429. The summed E-state index contributed by atoms with van der Waals surface area (Å²) in [5.74, 6) is -0.279. The summed E-state index contributed by atoms with van der Waals surface area (Å²) in [7, 11) is 0. The first-order valence-corrected chi connectivity index (χ1v) is 6.31. The van der Waals surface area contributed by atoms with E-state index in [-0.39, 0.29) is 11.8 Å². The minimum Gasteiger partial charge on any atom is -0.398 e. The largest absolute Gasteiger partial charge is 0.398 e. The lowest BCUT2D eigenvalue weighted by Gasteiger charge is -2.41. The summed E-state index contributed by atoms with van der Waals surface area (Å²) in [6, 6.07) is 5.27. The van der Waals surface area contributed by atoms with Crippen LogP contribution >= 0.6 is 0 Å². The van der Waals surface area contributed by atoms with Crippen molar-refractivity contribution in [3.05, 3.63) is 29.3 Å². The molecule has 2 rings (SSSR count). The highest BCUT2D eigenvalue weighted by atomic mass is 16.2. The standard InChI is InChI=1S/C14H19N3O2/c1-9-10(5-4-6-11(9)15)12(18)17-8-7-16-13(19)14(17,2)3/h4-6H,7-8,15H2,1-3H3,(H,16,19). The van der Waals surface area contributed by atoms with Crippen LogP contribution in [0.15, 0.2) is 18.2 Å². The molecular formula is C14H19N3O2.